The molecule has 3 rings (SSSR count). The Hall–Kier alpha value is -0.860. The lowest BCUT2D eigenvalue weighted by molar-refractivity contribution is 0.565. The van der Waals surface area contributed by atoms with Gasteiger partial charge < -0.3 is 0 Å². The summed E-state index contributed by atoms with van der Waals surface area (Å²) in [6.07, 6.45) is 4.19. The molecular weight excluding hydrogens is 292 g/mol. The van der Waals surface area contributed by atoms with Gasteiger partial charge in [-0.1, -0.05) is 23.4 Å². The molecule has 2 aromatic rings. The number of aromatic nitrogens is 6. The summed E-state index contributed by atoms with van der Waals surface area (Å²) < 4.78 is 1.85. The van der Waals surface area contributed by atoms with Crippen molar-refractivity contribution >= 4 is 35.1 Å². The van der Waals surface area contributed by atoms with Gasteiger partial charge in [0.2, 0.25) is 5.16 Å². The van der Waals surface area contributed by atoms with Gasteiger partial charge >= 0.3 is 0 Å². The fraction of sp³-hybridized carbons (Fsp3) is 0.444. The van der Waals surface area contributed by atoms with Crippen molar-refractivity contribution in [2.75, 3.05) is 6.26 Å². The van der Waals surface area contributed by atoms with Crippen molar-refractivity contribution in [1.29, 1.82) is 0 Å². The molecular formula is C9H9ClN6S2. The first kappa shape index (κ1) is 12.2. The smallest absolute Gasteiger partial charge is 0.215 e. The predicted molar refractivity (Wildman–Crippen MR) is 69.0 cm³/mol. The quantitative estimate of drug-likeness (QED) is 0.487. The van der Waals surface area contributed by atoms with Crippen molar-refractivity contribution in [1.82, 2.24) is 30.2 Å². The van der Waals surface area contributed by atoms with Crippen molar-refractivity contribution in [3.05, 3.63) is 11.2 Å². The van der Waals surface area contributed by atoms with E-state index in [-0.39, 0.29) is 0 Å². The van der Waals surface area contributed by atoms with Crippen LogP contribution in [0.3, 0.4) is 0 Å². The van der Waals surface area contributed by atoms with Crippen molar-refractivity contribution in [2.24, 2.45) is 0 Å². The highest BCUT2D eigenvalue weighted by atomic mass is 35.5. The lowest BCUT2D eigenvalue weighted by Gasteiger charge is -2.03. The zero-order chi connectivity index (χ0) is 12.5. The van der Waals surface area contributed by atoms with Gasteiger partial charge in [-0.05, 0) is 41.3 Å². The molecule has 0 N–H and O–H groups in total. The molecule has 0 aliphatic heterocycles. The van der Waals surface area contributed by atoms with Gasteiger partial charge in [0.15, 0.2) is 5.16 Å². The first-order chi connectivity index (χ1) is 8.76. The molecule has 0 amide bonds. The summed E-state index contributed by atoms with van der Waals surface area (Å²) in [5, 5.41) is 14.3. The van der Waals surface area contributed by atoms with E-state index >= 15 is 0 Å². The zero-order valence-electron chi connectivity index (χ0n) is 9.45. The topological polar surface area (TPSA) is 69.4 Å². The Kier molecular flexibility index (Phi) is 3.40. The van der Waals surface area contributed by atoms with Crippen LogP contribution in [0.4, 0.5) is 0 Å². The summed E-state index contributed by atoms with van der Waals surface area (Å²) in [6, 6.07) is 2.16. The predicted octanol–water partition coefficient (Wildman–Crippen LogP) is 2.32. The third-order valence-corrected chi connectivity index (χ3v) is 4.00. The van der Waals surface area contributed by atoms with Crippen LogP contribution in [0, 0.1) is 0 Å². The van der Waals surface area contributed by atoms with E-state index in [1.54, 1.807) is 6.07 Å². The maximum absolute atomic E-state index is 5.95. The third kappa shape index (κ3) is 2.60. The van der Waals surface area contributed by atoms with Gasteiger partial charge in [-0.3, -0.25) is 0 Å². The number of rotatable bonds is 4. The standard InChI is InChI=1S/C9H9ClN6S2/c1-17-8-11-6(10)4-7(12-8)18-9-13-14-15-16(9)5-2-3-5/h4-5H,2-3H2,1H3. The number of nitrogens with zero attached hydrogens (tertiary/aromatic N) is 6. The largest absolute Gasteiger partial charge is 0.217 e. The maximum Gasteiger partial charge on any atom is 0.215 e. The van der Waals surface area contributed by atoms with Crippen molar-refractivity contribution in [2.45, 2.75) is 34.2 Å². The Bertz CT molecular complexity index is 570. The second-order valence-electron chi connectivity index (χ2n) is 3.75. The molecule has 1 saturated carbocycles. The van der Waals surface area contributed by atoms with E-state index in [4.69, 9.17) is 11.6 Å². The summed E-state index contributed by atoms with van der Waals surface area (Å²) in [7, 11) is 0. The lowest BCUT2D eigenvalue weighted by Crippen LogP contribution is -1.99. The molecule has 0 saturated heterocycles. The van der Waals surface area contributed by atoms with E-state index in [0.29, 0.717) is 16.4 Å². The van der Waals surface area contributed by atoms with E-state index in [1.165, 1.54) is 23.5 Å². The van der Waals surface area contributed by atoms with Crippen LogP contribution < -0.4 is 0 Å². The average molecular weight is 301 g/mol. The minimum atomic E-state index is 0.433. The maximum atomic E-state index is 5.95. The highest BCUT2D eigenvalue weighted by Crippen LogP contribution is 2.37. The van der Waals surface area contributed by atoms with Crippen LogP contribution in [0.2, 0.25) is 5.15 Å². The molecule has 1 aliphatic rings. The summed E-state index contributed by atoms with van der Waals surface area (Å²) in [5.74, 6) is 0. The lowest BCUT2D eigenvalue weighted by atomic mass is 10.7. The van der Waals surface area contributed by atoms with E-state index in [9.17, 15) is 0 Å². The van der Waals surface area contributed by atoms with E-state index in [0.717, 1.165) is 23.0 Å². The second-order valence-corrected chi connectivity index (χ2v) is 5.90. The number of tetrazole rings is 1. The highest BCUT2D eigenvalue weighted by Gasteiger charge is 2.28. The average Bonchev–Trinajstić information content (AvgIpc) is 3.10. The molecule has 0 aromatic carbocycles. The molecule has 0 unspecified atom stereocenters. The monoisotopic (exact) mass is 300 g/mol. The van der Waals surface area contributed by atoms with Gasteiger partial charge in [-0.15, -0.1) is 5.10 Å². The normalized spacial score (nSPS) is 15.0. The SMILES string of the molecule is CSc1nc(Cl)cc(Sc2nnnn2C2CC2)n1. The van der Waals surface area contributed by atoms with Gasteiger partial charge in [-0.25, -0.2) is 14.6 Å². The molecule has 0 spiro atoms. The fourth-order valence-electron chi connectivity index (χ4n) is 1.42. The Labute approximate surface area is 117 Å². The van der Waals surface area contributed by atoms with Crippen LogP contribution in [-0.2, 0) is 0 Å². The van der Waals surface area contributed by atoms with Crippen LogP contribution in [0.1, 0.15) is 18.9 Å². The zero-order valence-corrected chi connectivity index (χ0v) is 11.8. The number of halogens is 1. The van der Waals surface area contributed by atoms with Crippen LogP contribution in [0.25, 0.3) is 0 Å². The summed E-state index contributed by atoms with van der Waals surface area (Å²) in [4.78, 5) is 8.47. The first-order valence-electron chi connectivity index (χ1n) is 5.30. The van der Waals surface area contributed by atoms with E-state index in [1.807, 2.05) is 10.9 Å². The van der Waals surface area contributed by atoms with Crippen LogP contribution in [0.15, 0.2) is 21.4 Å². The molecule has 2 aromatic heterocycles. The van der Waals surface area contributed by atoms with Crippen LogP contribution in [-0.4, -0.2) is 36.4 Å². The molecule has 1 fully saturated rings. The van der Waals surface area contributed by atoms with Gasteiger partial charge in [-0.2, -0.15) is 0 Å². The summed E-state index contributed by atoms with van der Waals surface area (Å²) in [6.45, 7) is 0. The molecule has 0 atom stereocenters. The van der Waals surface area contributed by atoms with Gasteiger partial charge in [0.05, 0.1) is 6.04 Å². The van der Waals surface area contributed by atoms with Crippen molar-refractivity contribution in [3.63, 3.8) is 0 Å². The molecule has 0 radical (unpaired) electrons. The van der Waals surface area contributed by atoms with Crippen LogP contribution >= 0.6 is 35.1 Å². The van der Waals surface area contributed by atoms with E-state index < -0.39 is 0 Å². The molecule has 94 valence electrons. The Morgan fingerprint density at radius 1 is 1.39 bits per heavy atom. The molecule has 0 bridgehead atoms. The summed E-state index contributed by atoms with van der Waals surface area (Å²) in [5.41, 5.74) is 0. The Morgan fingerprint density at radius 3 is 2.94 bits per heavy atom. The molecule has 6 nitrogen and oxygen atoms in total. The number of thioether (sulfide) groups is 1. The fourth-order valence-corrected chi connectivity index (χ4v) is 3.00. The summed E-state index contributed by atoms with van der Waals surface area (Å²) >= 11 is 8.81. The van der Waals surface area contributed by atoms with Gasteiger partial charge in [0.25, 0.3) is 0 Å². The van der Waals surface area contributed by atoms with E-state index in [2.05, 4.69) is 25.5 Å². The van der Waals surface area contributed by atoms with Crippen molar-refractivity contribution < 1.29 is 0 Å². The van der Waals surface area contributed by atoms with Crippen LogP contribution in [0.5, 0.6) is 0 Å². The Balaban J connectivity index is 1.87. The van der Waals surface area contributed by atoms with Crippen molar-refractivity contribution in [3.8, 4) is 0 Å². The molecule has 9 heteroatoms. The second kappa shape index (κ2) is 5.02. The third-order valence-electron chi connectivity index (χ3n) is 2.38. The first-order valence-corrected chi connectivity index (χ1v) is 7.72. The van der Waals surface area contributed by atoms with Gasteiger partial charge in [0.1, 0.15) is 10.2 Å². The number of hydrogen-bond donors (Lipinski definition) is 0. The molecule has 18 heavy (non-hydrogen) atoms. The Morgan fingerprint density at radius 2 is 2.22 bits per heavy atom. The molecule has 1 aliphatic carbocycles. The number of hydrogen-bond acceptors (Lipinski definition) is 7. The highest BCUT2D eigenvalue weighted by molar-refractivity contribution is 7.99. The van der Waals surface area contributed by atoms with Gasteiger partial charge in [0, 0.05) is 6.07 Å². The minimum Gasteiger partial charge on any atom is -0.217 e. The minimum absolute atomic E-state index is 0.433. The molecule has 2 heterocycles.